The summed E-state index contributed by atoms with van der Waals surface area (Å²) in [5.74, 6) is 1.32. The van der Waals surface area contributed by atoms with E-state index >= 15 is 0 Å². The molecule has 0 unspecified atom stereocenters. The largest absolute Gasteiger partial charge is 0.345 e. The van der Waals surface area contributed by atoms with Crippen molar-refractivity contribution in [2.24, 2.45) is 11.8 Å². The first-order valence-electron chi connectivity index (χ1n) is 6.76. The van der Waals surface area contributed by atoms with E-state index in [-0.39, 0.29) is 0 Å². The molecule has 0 aromatic carbocycles. The van der Waals surface area contributed by atoms with E-state index < -0.39 is 0 Å². The highest BCUT2D eigenvalue weighted by Crippen LogP contribution is 2.15. The Balaban J connectivity index is 3.61. The Morgan fingerprint density at radius 2 is 1.06 bits per heavy atom. The molecule has 0 aliphatic carbocycles. The second-order valence-corrected chi connectivity index (χ2v) is 4.48. The fraction of sp³-hybridized carbons (Fsp3) is 0.929. The molecule has 0 heterocycles. The first-order chi connectivity index (χ1) is 7.67. The monoisotopic (exact) mass is 229 g/mol. The zero-order valence-electron chi connectivity index (χ0n) is 11.7. The molecule has 0 saturated heterocycles. The highest BCUT2D eigenvalue weighted by molar-refractivity contribution is 4.62. The lowest BCUT2D eigenvalue weighted by Crippen LogP contribution is -2.15. The van der Waals surface area contributed by atoms with Crippen molar-refractivity contribution >= 4 is 0 Å². The zero-order chi connectivity index (χ0) is 12.4. The zero-order valence-corrected chi connectivity index (χ0v) is 11.7. The molecule has 1 radical (unpaired) electrons. The van der Waals surface area contributed by atoms with Crippen molar-refractivity contribution in [2.75, 3.05) is 13.2 Å². The molecule has 97 valence electrons. The maximum atomic E-state index is 5.62. The van der Waals surface area contributed by atoms with Crippen LogP contribution in [0.2, 0.25) is 0 Å². The fourth-order valence-corrected chi connectivity index (χ4v) is 1.56. The van der Waals surface area contributed by atoms with Crippen LogP contribution in [-0.2, 0) is 9.47 Å². The summed E-state index contributed by atoms with van der Waals surface area (Å²) in [7, 11) is 0. The number of hydrogen-bond acceptors (Lipinski definition) is 2. The SMILES string of the molecule is CCC(CC)CO[C](C)OCC(CC)CC. The van der Waals surface area contributed by atoms with Gasteiger partial charge in [0, 0.05) is 0 Å². The van der Waals surface area contributed by atoms with E-state index in [4.69, 9.17) is 9.47 Å². The van der Waals surface area contributed by atoms with E-state index in [1.807, 2.05) is 6.92 Å². The summed E-state index contributed by atoms with van der Waals surface area (Å²) < 4.78 is 11.2. The van der Waals surface area contributed by atoms with Crippen LogP contribution in [0, 0.1) is 18.1 Å². The van der Waals surface area contributed by atoms with Crippen LogP contribution >= 0.6 is 0 Å². The standard InChI is InChI=1S/C14H29O2/c1-6-13(7-2)10-15-12(5)16-11-14(8-3)9-4/h13-14H,6-11H2,1-5H3. The predicted molar refractivity (Wildman–Crippen MR) is 69.0 cm³/mol. The van der Waals surface area contributed by atoms with Gasteiger partial charge in [-0.05, 0) is 18.8 Å². The third kappa shape index (κ3) is 7.24. The van der Waals surface area contributed by atoms with Crippen LogP contribution in [0.5, 0.6) is 0 Å². The Bertz CT molecular complexity index is 124. The Kier molecular flexibility index (Phi) is 10.0. The van der Waals surface area contributed by atoms with E-state index in [9.17, 15) is 0 Å². The van der Waals surface area contributed by atoms with Crippen LogP contribution in [0.1, 0.15) is 60.3 Å². The Morgan fingerprint density at radius 3 is 1.31 bits per heavy atom. The van der Waals surface area contributed by atoms with E-state index in [1.54, 1.807) is 0 Å². The van der Waals surface area contributed by atoms with Crippen molar-refractivity contribution in [1.82, 2.24) is 0 Å². The average molecular weight is 229 g/mol. The molecule has 0 atom stereocenters. The average Bonchev–Trinajstić information content (AvgIpc) is 2.31. The van der Waals surface area contributed by atoms with Gasteiger partial charge in [-0.3, -0.25) is 0 Å². The summed E-state index contributed by atoms with van der Waals surface area (Å²) in [4.78, 5) is 0. The number of rotatable bonds is 10. The van der Waals surface area contributed by atoms with Crippen molar-refractivity contribution in [3.63, 3.8) is 0 Å². The molecule has 0 aromatic heterocycles. The topological polar surface area (TPSA) is 18.5 Å². The van der Waals surface area contributed by atoms with E-state index in [0.29, 0.717) is 11.8 Å². The maximum absolute atomic E-state index is 5.62. The highest BCUT2D eigenvalue weighted by Gasteiger charge is 2.11. The van der Waals surface area contributed by atoms with E-state index in [0.717, 1.165) is 19.5 Å². The molecule has 0 saturated carbocycles. The summed E-state index contributed by atoms with van der Waals surface area (Å²) in [6, 6.07) is 0. The molecular weight excluding hydrogens is 200 g/mol. The minimum Gasteiger partial charge on any atom is -0.345 e. The van der Waals surface area contributed by atoms with E-state index in [2.05, 4.69) is 27.7 Å². The molecular formula is C14H29O2. The smallest absolute Gasteiger partial charge is 0.220 e. The summed E-state index contributed by atoms with van der Waals surface area (Å²) in [5.41, 5.74) is 0. The molecule has 0 fully saturated rings. The van der Waals surface area contributed by atoms with Crippen LogP contribution in [0.15, 0.2) is 0 Å². The van der Waals surface area contributed by atoms with Gasteiger partial charge in [0.15, 0.2) is 0 Å². The molecule has 2 heteroatoms. The number of ether oxygens (including phenoxy) is 2. The van der Waals surface area contributed by atoms with Crippen LogP contribution < -0.4 is 0 Å². The van der Waals surface area contributed by atoms with Gasteiger partial charge in [-0.25, -0.2) is 0 Å². The molecule has 0 N–H and O–H groups in total. The van der Waals surface area contributed by atoms with Gasteiger partial charge in [-0.1, -0.05) is 53.4 Å². The second kappa shape index (κ2) is 10.1. The van der Waals surface area contributed by atoms with Crippen molar-refractivity contribution in [2.45, 2.75) is 60.3 Å². The first-order valence-corrected chi connectivity index (χ1v) is 6.76. The Hall–Kier alpha value is -0.0800. The normalized spacial score (nSPS) is 12.0. The lowest BCUT2D eigenvalue weighted by Gasteiger charge is -2.19. The van der Waals surface area contributed by atoms with Gasteiger partial charge < -0.3 is 9.47 Å². The van der Waals surface area contributed by atoms with Gasteiger partial charge in [-0.2, -0.15) is 0 Å². The van der Waals surface area contributed by atoms with Crippen molar-refractivity contribution in [3.8, 4) is 0 Å². The third-order valence-electron chi connectivity index (χ3n) is 3.35. The van der Waals surface area contributed by atoms with Crippen LogP contribution in [0.25, 0.3) is 0 Å². The van der Waals surface area contributed by atoms with Crippen molar-refractivity contribution < 1.29 is 9.47 Å². The van der Waals surface area contributed by atoms with Crippen LogP contribution in [0.3, 0.4) is 0 Å². The predicted octanol–water partition coefficient (Wildman–Crippen LogP) is 4.40. The van der Waals surface area contributed by atoms with Gasteiger partial charge in [0.2, 0.25) is 6.29 Å². The summed E-state index contributed by atoms with van der Waals surface area (Å²) in [6.07, 6.45) is 5.44. The van der Waals surface area contributed by atoms with Crippen molar-refractivity contribution in [1.29, 1.82) is 0 Å². The molecule has 0 aliphatic rings. The van der Waals surface area contributed by atoms with Crippen molar-refractivity contribution in [3.05, 3.63) is 6.29 Å². The molecule has 0 bridgehead atoms. The van der Waals surface area contributed by atoms with E-state index in [1.165, 1.54) is 25.7 Å². The van der Waals surface area contributed by atoms with Crippen LogP contribution in [-0.4, -0.2) is 13.2 Å². The molecule has 0 rings (SSSR count). The highest BCUT2D eigenvalue weighted by atomic mass is 16.7. The summed E-state index contributed by atoms with van der Waals surface area (Å²) >= 11 is 0. The second-order valence-electron chi connectivity index (χ2n) is 4.48. The van der Waals surface area contributed by atoms with Gasteiger partial charge >= 0.3 is 0 Å². The quantitative estimate of drug-likeness (QED) is 0.552. The molecule has 2 nitrogen and oxygen atoms in total. The van der Waals surface area contributed by atoms with Gasteiger partial charge in [0.1, 0.15) is 0 Å². The fourth-order valence-electron chi connectivity index (χ4n) is 1.56. The van der Waals surface area contributed by atoms with Gasteiger partial charge in [0.05, 0.1) is 13.2 Å². The van der Waals surface area contributed by atoms with Gasteiger partial charge in [-0.15, -0.1) is 0 Å². The Morgan fingerprint density at radius 1 is 0.750 bits per heavy atom. The van der Waals surface area contributed by atoms with Gasteiger partial charge in [0.25, 0.3) is 0 Å². The lowest BCUT2D eigenvalue weighted by molar-refractivity contribution is -0.0595. The molecule has 16 heavy (non-hydrogen) atoms. The molecule has 0 spiro atoms. The minimum absolute atomic E-state index is 0.659. The third-order valence-corrected chi connectivity index (χ3v) is 3.35. The lowest BCUT2D eigenvalue weighted by atomic mass is 10.1. The minimum atomic E-state index is 0.659. The summed E-state index contributed by atoms with van der Waals surface area (Å²) in [5, 5.41) is 0. The van der Waals surface area contributed by atoms with Crippen LogP contribution in [0.4, 0.5) is 0 Å². The summed E-state index contributed by atoms with van der Waals surface area (Å²) in [6.45, 7) is 12.3. The Labute approximate surface area is 102 Å². The molecule has 0 amide bonds. The first kappa shape index (κ1) is 15.9. The number of hydrogen-bond donors (Lipinski definition) is 0. The maximum Gasteiger partial charge on any atom is 0.220 e. The molecule has 0 aromatic rings. The molecule has 0 aliphatic heterocycles.